The molecule has 0 fully saturated rings. The number of aryl methyl sites for hydroxylation is 1. The van der Waals surface area contributed by atoms with E-state index in [1.807, 2.05) is 12.3 Å². The van der Waals surface area contributed by atoms with E-state index >= 15 is 0 Å². The maximum absolute atomic E-state index is 13.7. The van der Waals surface area contributed by atoms with Gasteiger partial charge in [0.25, 0.3) is 0 Å². The van der Waals surface area contributed by atoms with Gasteiger partial charge in [-0.25, -0.2) is 9.37 Å². The largest absolute Gasteiger partial charge is 0.332 e. The molecule has 2 nitrogen and oxygen atoms in total. The van der Waals surface area contributed by atoms with Gasteiger partial charge in [0.15, 0.2) is 0 Å². The Morgan fingerprint density at radius 1 is 0.828 bits per heavy atom. The standard InChI is InChI=1S/C26H43FN2/c1-20(2)26(21(3)4,22(5)6)16-12-10-8-7-9-11-13-18-29-19-15-23-24(27)14-17-28-25(23)29/h14-15,17,19-22H,7-13,16,18H2,1-6H3. The van der Waals surface area contributed by atoms with Gasteiger partial charge in [0.05, 0.1) is 5.39 Å². The van der Waals surface area contributed by atoms with Crippen molar-refractivity contribution >= 4 is 11.0 Å². The van der Waals surface area contributed by atoms with Gasteiger partial charge in [-0.3, -0.25) is 0 Å². The highest BCUT2D eigenvalue weighted by atomic mass is 19.1. The van der Waals surface area contributed by atoms with Crippen molar-refractivity contribution in [2.24, 2.45) is 23.2 Å². The summed E-state index contributed by atoms with van der Waals surface area (Å²) in [4.78, 5) is 4.33. The molecule has 164 valence electrons. The molecule has 2 aromatic heterocycles. The van der Waals surface area contributed by atoms with Crippen LogP contribution in [0.4, 0.5) is 4.39 Å². The van der Waals surface area contributed by atoms with E-state index in [9.17, 15) is 4.39 Å². The number of hydrogen-bond acceptors (Lipinski definition) is 1. The van der Waals surface area contributed by atoms with Crippen molar-refractivity contribution in [1.82, 2.24) is 9.55 Å². The van der Waals surface area contributed by atoms with Gasteiger partial charge in [-0.05, 0) is 48.1 Å². The second kappa shape index (κ2) is 11.1. The highest BCUT2D eigenvalue weighted by Crippen LogP contribution is 2.47. The van der Waals surface area contributed by atoms with Crippen LogP contribution in [0.5, 0.6) is 0 Å². The Morgan fingerprint density at radius 3 is 1.97 bits per heavy atom. The maximum Gasteiger partial charge on any atom is 0.142 e. The summed E-state index contributed by atoms with van der Waals surface area (Å²) in [6, 6.07) is 3.27. The zero-order valence-electron chi connectivity index (χ0n) is 19.7. The summed E-state index contributed by atoms with van der Waals surface area (Å²) in [7, 11) is 0. The first-order valence-electron chi connectivity index (χ1n) is 11.9. The number of unbranched alkanes of at least 4 members (excludes halogenated alkanes) is 6. The Labute approximate surface area is 178 Å². The zero-order valence-corrected chi connectivity index (χ0v) is 19.7. The number of nitrogens with zero attached hydrogens (tertiary/aromatic N) is 2. The molecule has 2 rings (SSSR count). The lowest BCUT2D eigenvalue weighted by Crippen LogP contribution is -2.38. The van der Waals surface area contributed by atoms with E-state index in [4.69, 9.17) is 0 Å². The Hall–Kier alpha value is -1.38. The van der Waals surface area contributed by atoms with Crippen LogP contribution in [0.3, 0.4) is 0 Å². The molecule has 2 heterocycles. The van der Waals surface area contributed by atoms with Gasteiger partial charge in [0.2, 0.25) is 0 Å². The van der Waals surface area contributed by atoms with Gasteiger partial charge in [-0.2, -0.15) is 0 Å². The van der Waals surface area contributed by atoms with E-state index in [-0.39, 0.29) is 5.82 Å². The smallest absolute Gasteiger partial charge is 0.142 e. The second-order valence-corrected chi connectivity index (χ2v) is 9.84. The molecule has 0 N–H and O–H groups in total. The highest BCUT2D eigenvalue weighted by Gasteiger charge is 2.39. The van der Waals surface area contributed by atoms with E-state index in [1.165, 1.54) is 51.0 Å². The SMILES string of the molecule is CC(C)C(CCCCCCCCCn1ccc2c(F)ccnc21)(C(C)C)C(C)C. The van der Waals surface area contributed by atoms with E-state index in [1.54, 1.807) is 6.20 Å². The second-order valence-electron chi connectivity index (χ2n) is 9.84. The Kier molecular flexibility index (Phi) is 9.17. The number of fused-ring (bicyclic) bond motifs is 1. The third-order valence-corrected chi connectivity index (χ3v) is 7.34. The van der Waals surface area contributed by atoms with Gasteiger partial charge in [0.1, 0.15) is 11.5 Å². The number of hydrogen-bond donors (Lipinski definition) is 0. The number of rotatable bonds is 13. The minimum atomic E-state index is -0.176. The van der Waals surface area contributed by atoms with Crippen molar-refractivity contribution < 1.29 is 4.39 Å². The molecule has 0 aliphatic heterocycles. The Balaban J connectivity index is 1.63. The maximum atomic E-state index is 13.7. The van der Waals surface area contributed by atoms with Gasteiger partial charge in [0, 0.05) is 18.9 Å². The minimum Gasteiger partial charge on any atom is -0.332 e. The van der Waals surface area contributed by atoms with Gasteiger partial charge in [-0.1, -0.05) is 80.1 Å². The Bertz CT molecular complexity index is 708. The third kappa shape index (κ3) is 5.83. The molecular weight excluding hydrogens is 359 g/mol. The first-order valence-corrected chi connectivity index (χ1v) is 11.9. The summed E-state index contributed by atoms with van der Waals surface area (Å²) >= 11 is 0. The molecule has 0 unspecified atom stereocenters. The fraction of sp³-hybridized carbons (Fsp3) is 0.731. The molecule has 0 aromatic carbocycles. The molecule has 29 heavy (non-hydrogen) atoms. The van der Waals surface area contributed by atoms with Crippen LogP contribution in [-0.4, -0.2) is 9.55 Å². The predicted octanol–water partition coefficient (Wildman–Crippen LogP) is 8.25. The van der Waals surface area contributed by atoms with E-state index in [0.717, 1.165) is 36.4 Å². The lowest BCUT2D eigenvalue weighted by molar-refractivity contribution is 0.0356. The predicted molar refractivity (Wildman–Crippen MR) is 124 cm³/mol. The molecule has 0 aliphatic carbocycles. The summed E-state index contributed by atoms with van der Waals surface area (Å²) < 4.78 is 15.8. The molecule has 0 spiro atoms. The molecule has 0 saturated carbocycles. The van der Waals surface area contributed by atoms with Crippen molar-refractivity contribution in [2.75, 3.05) is 0 Å². The molecule has 3 heteroatoms. The normalized spacial score (nSPS) is 12.8. The van der Waals surface area contributed by atoms with Crippen molar-refractivity contribution in [1.29, 1.82) is 0 Å². The van der Waals surface area contributed by atoms with E-state index < -0.39 is 0 Å². The molecule has 0 atom stereocenters. The quantitative estimate of drug-likeness (QED) is 0.308. The average molecular weight is 403 g/mol. The van der Waals surface area contributed by atoms with E-state index in [2.05, 4.69) is 51.1 Å². The number of aromatic nitrogens is 2. The summed E-state index contributed by atoms with van der Waals surface area (Å²) in [5, 5.41) is 0.632. The van der Waals surface area contributed by atoms with Crippen LogP contribution in [0.25, 0.3) is 11.0 Å². The molecule has 2 aromatic rings. The zero-order chi connectivity index (χ0) is 21.4. The van der Waals surface area contributed by atoms with Crippen LogP contribution >= 0.6 is 0 Å². The van der Waals surface area contributed by atoms with Crippen molar-refractivity contribution in [3.05, 3.63) is 30.3 Å². The summed E-state index contributed by atoms with van der Waals surface area (Å²) in [6.45, 7) is 15.4. The molecule has 0 radical (unpaired) electrons. The molecule has 0 amide bonds. The summed E-state index contributed by atoms with van der Waals surface area (Å²) in [5.41, 5.74) is 1.25. The minimum absolute atomic E-state index is 0.176. The van der Waals surface area contributed by atoms with E-state index in [0.29, 0.717) is 10.8 Å². The summed E-state index contributed by atoms with van der Waals surface area (Å²) in [6.07, 6.45) is 14.0. The van der Waals surface area contributed by atoms with Crippen LogP contribution in [0.15, 0.2) is 24.5 Å². The average Bonchev–Trinajstić information content (AvgIpc) is 3.07. The van der Waals surface area contributed by atoms with Crippen LogP contribution in [0.1, 0.15) is 92.9 Å². The lowest BCUT2D eigenvalue weighted by Gasteiger charge is -2.45. The number of halogens is 1. The highest BCUT2D eigenvalue weighted by molar-refractivity contribution is 5.76. The lowest BCUT2D eigenvalue weighted by atomic mass is 9.60. The number of pyridine rings is 1. The molecule has 0 bridgehead atoms. The third-order valence-electron chi connectivity index (χ3n) is 7.34. The van der Waals surface area contributed by atoms with Crippen molar-refractivity contribution in [3.63, 3.8) is 0 Å². The molecule has 0 saturated heterocycles. The van der Waals surface area contributed by atoms with Gasteiger partial charge >= 0.3 is 0 Å². The van der Waals surface area contributed by atoms with Crippen LogP contribution in [0, 0.1) is 29.0 Å². The Morgan fingerprint density at radius 2 is 1.38 bits per heavy atom. The molecule has 0 aliphatic rings. The monoisotopic (exact) mass is 402 g/mol. The van der Waals surface area contributed by atoms with Crippen molar-refractivity contribution in [2.45, 2.75) is 99.5 Å². The first kappa shape index (κ1) is 23.9. The van der Waals surface area contributed by atoms with Crippen molar-refractivity contribution in [3.8, 4) is 0 Å². The van der Waals surface area contributed by atoms with Crippen LogP contribution < -0.4 is 0 Å². The summed E-state index contributed by atoms with van der Waals surface area (Å²) in [5.74, 6) is 2.06. The van der Waals surface area contributed by atoms with Crippen LogP contribution in [-0.2, 0) is 6.54 Å². The molecular formula is C26H43FN2. The topological polar surface area (TPSA) is 17.8 Å². The fourth-order valence-corrected chi connectivity index (χ4v) is 5.70. The van der Waals surface area contributed by atoms with Crippen LogP contribution in [0.2, 0.25) is 0 Å². The first-order chi connectivity index (χ1) is 13.8. The fourth-order valence-electron chi connectivity index (χ4n) is 5.70. The van der Waals surface area contributed by atoms with Gasteiger partial charge < -0.3 is 4.57 Å². The van der Waals surface area contributed by atoms with Gasteiger partial charge in [-0.15, -0.1) is 0 Å².